The highest BCUT2D eigenvalue weighted by molar-refractivity contribution is 7.71. The number of carbonyl (C=O) groups is 1. The molecule has 0 spiro atoms. The van der Waals surface area contributed by atoms with E-state index >= 15 is 0 Å². The first-order valence-electron chi connectivity index (χ1n) is 8.37. The second-order valence-electron chi connectivity index (χ2n) is 6.28. The molecule has 0 fully saturated rings. The Morgan fingerprint density at radius 2 is 2.33 bits per heavy atom. The first-order valence-corrected chi connectivity index (χ1v) is 9.66. The Bertz CT molecular complexity index is 1030. The zero-order valence-corrected chi connectivity index (χ0v) is 16.9. The third-order valence-corrected chi connectivity index (χ3v) is 5.02. The van der Waals surface area contributed by atoms with Crippen molar-refractivity contribution in [3.05, 3.63) is 51.3 Å². The molecule has 3 heterocycles. The van der Waals surface area contributed by atoms with Crippen LogP contribution in [0.5, 0.6) is 0 Å². The first kappa shape index (κ1) is 19.2. The smallest absolute Gasteiger partial charge is 0.262 e. The van der Waals surface area contributed by atoms with E-state index in [0.29, 0.717) is 39.9 Å². The van der Waals surface area contributed by atoms with Crippen LogP contribution in [0.2, 0.25) is 0 Å². The molecule has 0 bridgehead atoms. The van der Waals surface area contributed by atoms with Crippen LogP contribution in [0, 0.1) is 11.7 Å². The maximum Gasteiger partial charge on any atom is 0.262 e. The summed E-state index contributed by atoms with van der Waals surface area (Å²) < 4.78 is 7.67. The number of hydrogen-bond acceptors (Lipinski definition) is 7. The molecule has 1 amide bonds. The van der Waals surface area contributed by atoms with Crippen molar-refractivity contribution in [2.24, 2.45) is 0 Å². The van der Waals surface area contributed by atoms with Crippen LogP contribution in [0.3, 0.4) is 0 Å². The Labute approximate surface area is 165 Å². The van der Waals surface area contributed by atoms with Gasteiger partial charge in [-0.2, -0.15) is 5.10 Å². The summed E-state index contributed by atoms with van der Waals surface area (Å²) in [7, 11) is 0. The van der Waals surface area contributed by atoms with Crippen LogP contribution in [0.4, 0.5) is 5.13 Å². The Balaban J connectivity index is 1.75. The van der Waals surface area contributed by atoms with Gasteiger partial charge in [-0.1, -0.05) is 25.1 Å². The Hall–Kier alpha value is -2.59. The number of carbonyl (C=O) groups excluding carboxylic acids is 1. The Morgan fingerprint density at radius 1 is 1.56 bits per heavy atom. The standard InChI is InChI=1S/C17H20N6O2S2/c1-5-6-23-12(20-21-17(23)26)7-11-8-27-16(18-11)19-15(24)13-10(4)22-25-14(13)9(2)3/h5,8-9H,1,6-7H2,2-4H3,(H,21,26)(H,18,19,24). The molecule has 3 rings (SSSR count). The molecule has 0 saturated heterocycles. The van der Waals surface area contributed by atoms with Gasteiger partial charge in [0, 0.05) is 17.8 Å². The van der Waals surface area contributed by atoms with Gasteiger partial charge in [0.25, 0.3) is 5.91 Å². The molecular weight excluding hydrogens is 384 g/mol. The second-order valence-corrected chi connectivity index (χ2v) is 7.53. The molecule has 3 aromatic heterocycles. The number of aryl methyl sites for hydroxylation is 1. The molecule has 0 aliphatic rings. The first-order chi connectivity index (χ1) is 12.9. The SMILES string of the molecule is C=CCn1c(Cc2csc(NC(=O)c3c(C)noc3C(C)C)n2)n[nH]c1=S. The van der Waals surface area contributed by atoms with Crippen molar-refractivity contribution in [3.63, 3.8) is 0 Å². The highest BCUT2D eigenvalue weighted by atomic mass is 32.1. The Morgan fingerprint density at radius 3 is 3.04 bits per heavy atom. The molecule has 142 valence electrons. The predicted octanol–water partition coefficient (Wildman–Crippen LogP) is 3.85. The van der Waals surface area contributed by atoms with Crippen molar-refractivity contribution in [1.82, 2.24) is 24.9 Å². The lowest BCUT2D eigenvalue weighted by molar-refractivity contribution is 0.102. The molecule has 0 saturated carbocycles. The van der Waals surface area contributed by atoms with E-state index in [4.69, 9.17) is 16.7 Å². The van der Waals surface area contributed by atoms with Crippen LogP contribution in [-0.2, 0) is 13.0 Å². The van der Waals surface area contributed by atoms with Gasteiger partial charge < -0.3 is 4.52 Å². The average molecular weight is 405 g/mol. The van der Waals surface area contributed by atoms with E-state index < -0.39 is 0 Å². The minimum atomic E-state index is -0.271. The lowest BCUT2D eigenvalue weighted by atomic mass is 10.0. The molecule has 10 heteroatoms. The lowest BCUT2D eigenvalue weighted by Crippen LogP contribution is -2.14. The van der Waals surface area contributed by atoms with Crippen LogP contribution in [-0.4, -0.2) is 30.8 Å². The van der Waals surface area contributed by atoms with Crippen molar-refractivity contribution >= 4 is 34.6 Å². The predicted molar refractivity (Wildman–Crippen MR) is 106 cm³/mol. The number of nitrogens with one attached hydrogen (secondary N) is 2. The third-order valence-electron chi connectivity index (χ3n) is 3.90. The van der Waals surface area contributed by atoms with Crippen LogP contribution >= 0.6 is 23.6 Å². The monoisotopic (exact) mass is 404 g/mol. The fourth-order valence-electron chi connectivity index (χ4n) is 2.63. The fraction of sp³-hybridized carbons (Fsp3) is 0.353. The number of allylic oxidation sites excluding steroid dienone is 1. The summed E-state index contributed by atoms with van der Waals surface area (Å²) >= 11 is 6.57. The molecule has 2 N–H and O–H groups in total. The molecule has 0 atom stereocenters. The van der Waals surface area contributed by atoms with E-state index in [2.05, 4.69) is 32.2 Å². The van der Waals surface area contributed by atoms with E-state index in [0.717, 1.165) is 11.5 Å². The summed E-state index contributed by atoms with van der Waals surface area (Å²) in [5.74, 6) is 1.13. The van der Waals surface area contributed by atoms with E-state index in [9.17, 15) is 4.79 Å². The van der Waals surface area contributed by atoms with E-state index in [1.165, 1.54) is 11.3 Å². The quantitative estimate of drug-likeness (QED) is 0.458. The highest BCUT2D eigenvalue weighted by Crippen LogP contribution is 2.24. The summed E-state index contributed by atoms with van der Waals surface area (Å²) in [4.78, 5) is 17.1. The molecule has 0 unspecified atom stereocenters. The summed E-state index contributed by atoms with van der Waals surface area (Å²) in [6.07, 6.45) is 2.26. The summed E-state index contributed by atoms with van der Waals surface area (Å²) in [6, 6.07) is 0. The topological polar surface area (TPSA) is 102 Å². The number of H-pyrrole nitrogens is 1. The summed E-state index contributed by atoms with van der Waals surface area (Å²) in [6.45, 7) is 9.96. The zero-order chi connectivity index (χ0) is 19.6. The van der Waals surface area contributed by atoms with Gasteiger partial charge in [-0.25, -0.2) is 4.98 Å². The van der Waals surface area contributed by atoms with Crippen molar-refractivity contribution in [1.29, 1.82) is 0 Å². The molecule has 0 radical (unpaired) electrons. The maximum absolute atomic E-state index is 12.6. The van der Waals surface area contributed by atoms with Crippen LogP contribution < -0.4 is 5.32 Å². The summed E-state index contributed by atoms with van der Waals surface area (Å²) in [5.41, 5.74) is 1.82. The molecule has 0 aliphatic carbocycles. The van der Waals surface area contributed by atoms with Crippen molar-refractivity contribution in [3.8, 4) is 0 Å². The number of nitrogens with zero attached hydrogens (tertiary/aromatic N) is 4. The van der Waals surface area contributed by atoms with E-state index in [-0.39, 0.29) is 11.8 Å². The lowest BCUT2D eigenvalue weighted by Gasteiger charge is -2.04. The fourth-order valence-corrected chi connectivity index (χ4v) is 3.56. The second kappa shape index (κ2) is 7.97. The number of hydrogen-bond donors (Lipinski definition) is 2. The van der Waals surface area contributed by atoms with Gasteiger partial charge in [-0.3, -0.25) is 19.8 Å². The normalized spacial score (nSPS) is 11.1. The minimum absolute atomic E-state index is 0.0614. The number of amides is 1. The summed E-state index contributed by atoms with van der Waals surface area (Å²) in [5, 5.41) is 16.1. The maximum atomic E-state index is 12.6. The van der Waals surface area contributed by atoms with Crippen LogP contribution in [0.25, 0.3) is 0 Å². The van der Waals surface area contributed by atoms with Crippen molar-refractivity contribution < 1.29 is 9.32 Å². The molecule has 3 aromatic rings. The van der Waals surface area contributed by atoms with Gasteiger partial charge in [-0.05, 0) is 19.1 Å². The number of aromatic amines is 1. The average Bonchev–Trinajstić information content (AvgIpc) is 3.30. The molecule has 8 nitrogen and oxygen atoms in total. The number of aromatic nitrogens is 5. The van der Waals surface area contributed by atoms with Crippen LogP contribution in [0.1, 0.15) is 53.1 Å². The number of rotatable bonds is 7. The molecule has 0 aliphatic heterocycles. The van der Waals surface area contributed by atoms with Crippen LogP contribution in [0.15, 0.2) is 22.6 Å². The van der Waals surface area contributed by atoms with E-state index in [1.807, 2.05) is 23.8 Å². The van der Waals surface area contributed by atoms with E-state index in [1.54, 1.807) is 13.0 Å². The third kappa shape index (κ3) is 4.06. The molecule has 27 heavy (non-hydrogen) atoms. The van der Waals surface area contributed by atoms with Crippen molar-refractivity contribution in [2.45, 2.75) is 39.7 Å². The Kier molecular flexibility index (Phi) is 5.66. The number of thiazole rings is 1. The molecule has 0 aromatic carbocycles. The van der Waals surface area contributed by atoms with Gasteiger partial charge in [0.15, 0.2) is 15.7 Å². The highest BCUT2D eigenvalue weighted by Gasteiger charge is 2.23. The molecular formula is C17H20N6O2S2. The van der Waals surface area contributed by atoms with Gasteiger partial charge in [0.05, 0.1) is 17.8 Å². The number of anilines is 1. The van der Waals surface area contributed by atoms with Gasteiger partial charge in [0.1, 0.15) is 11.4 Å². The van der Waals surface area contributed by atoms with Gasteiger partial charge in [-0.15, -0.1) is 17.9 Å². The minimum Gasteiger partial charge on any atom is -0.360 e. The van der Waals surface area contributed by atoms with Crippen molar-refractivity contribution in [2.75, 3.05) is 5.32 Å². The zero-order valence-electron chi connectivity index (χ0n) is 15.3. The largest absolute Gasteiger partial charge is 0.360 e. The van der Waals surface area contributed by atoms with Gasteiger partial charge >= 0.3 is 0 Å². The van der Waals surface area contributed by atoms with Gasteiger partial charge in [0.2, 0.25) is 0 Å².